The van der Waals surface area contributed by atoms with Gasteiger partial charge >= 0.3 is 6.03 Å². The van der Waals surface area contributed by atoms with Crippen LogP contribution in [0.1, 0.15) is 6.92 Å². The monoisotopic (exact) mass is 318 g/mol. The molecule has 1 aliphatic heterocycles. The zero-order valence-electron chi connectivity index (χ0n) is 11.0. The van der Waals surface area contributed by atoms with Gasteiger partial charge in [-0.2, -0.15) is 0 Å². The lowest BCUT2D eigenvalue weighted by Gasteiger charge is -2.36. The quantitative estimate of drug-likeness (QED) is 0.881. The minimum atomic E-state index is -0.362. The number of urea groups is 1. The van der Waals surface area contributed by atoms with E-state index in [0.29, 0.717) is 28.8 Å². The Morgan fingerprint density at radius 3 is 2.95 bits per heavy atom. The summed E-state index contributed by atoms with van der Waals surface area (Å²) in [4.78, 5) is 13.8. The molecular formula is C13H16Cl2N2O3. The number of benzene rings is 1. The number of ether oxygens (including phenoxy) is 1. The van der Waals surface area contributed by atoms with Crippen molar-refractivity contribution in [3.05, 3.63) is 28.2 Å². The molecule has 0 bridgehead atoms. The van der Waals surface area contributed by atoms with Gasteiger partial charge in [-0.1, -0.05) is 23.2 Å². The number of carbonyl (C=O) groups is 1. The average Bonchev–Trinajstić information content (AvgIpc) is 2.42. The maximum Gasteiger partial charge on any atom is 0.322 e. The molecule has 110 valence electrons. The van der Waals surface area contributed by atoms with Crippen LogP contribution in [0.25, 0.3) is 0 Å². The predicted octanol–water partition coefficient (Wildman–Crippen LogP) is 2.61. The fraction of sp³-hybridized carbons (Fsp3) is 0.462. The molecule has 2 unspecified atom stereocenters. The number of amides is 2. The van der Waals surface area contributed by atoms with Crippen LogP contribution in [-0.2, 0) is 4.74 Å². The van der Waals surface area contributed by atoms with Crippen molar-refractivity contribution in [1.29, 1.82) is 0 Å². The predicted molar refractivity (Wildman–Crippen MR) is 78.5 cm³/mol. The third kappa shape index (κ3) is 3.76. The van der Waals surface area contributed by atoms with Crippen LogP contribution in [0.5, 0.6) is 0 Å². The van der Waals surface area contributed by atoms with Crippen LogP contribution in [0.4, 0.5) is 10.5 Å². The summed E-state index contributed by atoms with van der Waals surface area (Å²) in [6.07, 6.45) is -0.485. The molecule has 2 N–H and O–H groups in total. The maximum absolute atomic E-state index is 12.2. The van der Waals surface area contributed by atoms with Crippen LogP contribution in [0, 0.1) is 0 Å². The molecule has 2 atom stereocenters. The van der Waals surface area contributed by atoms with Crippen molar-refractivity contribution in [2.75, 3.05) is 25.0 Å². The largest absolute Gasteiger partial charge is 0.394 e. The van der Waals surface area contributed by atoms with Crippen molar-refractivity contribution >= 4 is 34.9 Å². The highest BCUT2D eigenvalue weighted by Gasteiger charge is 2.28. The lowest BCUT2D eigenvalue weighted by atomic mass is 10.2. The van der Waals surface area contributed by atoms with Gasteiger partial charge in [0.25, 0.3) is 0 Å². The summed E-state index contributed by atoms with van der Waals surface area (Å²) in [6.45, 7) is 2.53. The Labute approximate surface area is 127 Å². The Morgan fingerprint density at radius 1 is 1.50 bits per heavy atom. The molecule has 1 saturated heterocycles. The average molecular weight is 319 g/mol. The van der Waals surface area contributed by atoms with E-state index >= 15 is 0 Å². The molecule has 1 aromatic rings. The van der Waals surface area contributed by atoms with Gasteiger partial charge in [-0.3, -0.25) is 0 Å². The Bertz CT molecular complexity index is 499. The van der Waals surface area contributed by atoms with Gasteiger partial charge in [0.05, 0.1) is 36.1 Å². The number of anilines is 1. The second kappa shape index (κ2) is 6.63. The molecule has 0 saturated carbocycles. The molecule has 5 nitrogen and oxygen atoms in total. The summed E-state index contributed by atoms with van der Waals surface area (Å²) < 4.78 is 5.49. The van der Waals surface area contributed by atoms with Gasteiger partial charge in [0.2, 0.25) is 0 Å². The Balaban J connectivity index is 2.05. The van der Waals surface area contributed by atoms with Gasteiger partial charge in [0.1, 0.15) is 0 Å². The third-order valence-corrected chi connectivity index (χ3v) is 3.55. The molecule has 20 heavy (non-hydrogen) atoms. The normalized spacial score (nSPS) is 22.7. The number of hydrogen-bond acceptors (Lipinski definition) is 3. The van der Waals surface area contributed by atoms with E-state index in [2.05, 4.69) is 5.32 Å². The van der Waals surface area contributed by atoms with E-state index in [9.17, 15) is 4.79 Å². The molecule has 1 heterocycles. The number of carbonyl (C=O) groups excluding carboxylic acids is 1. The first-order valence-corrected chi connectivity index (χ1v) is 7.02. The van der Waals surface area contributed by atoms with Gasteiger partial charge in [-0.15, -0.1) is 0 Å². The molecule has 1 fully saturated rings. The van der Waals surface area contributed by atoms with Crippen molar-refractivity contribution in [3.8, 4) is 0 Å². The first-order chi connectivity index (χ1) is 9.49. The Kier molecular flexibility index (Phi) is 5.10. The van der Waals surface area contributed by atoms with Crippen molar-refractivity contribution < 1.29 is 14.6 Å². The smallest absolute Gasteiger partial charge is 0.322 e. The fourth-order valence-electron chi connectivity index (χ4n) is 2.10. The zero-order chi connectivity index (χ0) is 14.7. The summed E-state index contributed by atoms with van der Waals surface area (Å²) in [7, 11) is 0. The maximum atomic E-state index is 12.2. The van der Waals surface area contributed by atoms with E-state index in [1.807, 2.05) is 6.92 Å². The highest BCUT2D eigenvalue weighted by Crippen LogP contribution is 2.26. The molecule has 0 spiro atoms. The van der Waals surface area contributed by atoms with E-state index < -0.39 is 0 Å². The van der Waals surface area contributed by atoms with Crippen LogP contribution in [-0.4, -0.2) is 47.9 Å². The summed E-state index contributed by atoms with van der Waals surface area (Å²) in [5, 5.41) is 12.8. The summed E-state index contributed by atoms with van der Waals surface area (Å²) in [5.74, 6) is 0. The van der Waals surface area contributed by atoms with Crippen LogP contribution in [0.3, 0.4) is 0 Å². The van der Waals surface area contributed by atoms with Gasteiger partial charge in [0, 0.05) is 11.6 Å². The zero-order valence-corrected chi connectivity index (χ0v) is 12.5. The van der Waals surface area contributed by atoms with Crippen molar-refractivity contribution in [2.24, 2.45) is 0 Å². The second-order valence-corrected chi connectivity index (χ2v) is 5.55. The number of nitrogens with one attached hydrogen (secondary N) is 1. The Morgan fingerprint density at radius 2 is 2.25 bits per heavy atom. The Hall–Kier alpha value is -1.01. The summed E-state index contributed by atoms with van der Waals surface area (Å²) in [5.41, 5.74) is 0.462. The van der Waals surface area contributed by atoms with Crippen LogP contribution >= 0.6 is 23.2 Å². The van der Waals surface area contributed by atoms with E-state index in [1.165, 1.54) is 0 Å². The molecule has 0 aliphatic carbocycles. The van der Waals surface area contributed by atoms with Gasteiger partial charge in [-0.25, -0.2) is 4.79 Å². The number of aliphatic hydroxyl groups is 1. The number of aliphatic hydroxyl groups excluding tert-OH is 1. The highest BCUT2D eigenvalue weighted by atomic mass is 35.5. The van der Waals surface area contributed by atoms with Gasteiger partial charge in [0.15, 0.2) is 0 Å². The molecule has 0 aromatic heterocycles. The van der Waals surface area contributed by atoms with Crippen LogP contribution in [0.15, 0.2) is 18.2 Å². The third-order valence-electron chi connectivity index (χ3n) is 2.99. The second-order valence-electron chi connectivity index (χ2n) is 4.71. The number of rotatable bonds is 2. The van der Waals surface area contributed by atoms with Crippen molar-refractivity contribution in [3.63, 3.8) is 0 Å². The number of morpholine rings is 1. The SMILES string of the molecule is CC1CN(C(=O)Nc2cc(Cl)ccc2Cl)CC(CO)O1. The summed E-state index contributed by atoms with van der Waals surface area (Å²) in [6, 6.07) is 4.58. The van der Waals surface area contributed by atoms with Crippen LogP contribution in [0.2, 0.25) is 10.0 Å². The van der Waals surface area contributed by atoms with Gasteiger partial charge < -0.3 is 20.1 Å². The highest BCUT2D eigenvalue weighted by molar-refractivity contribution is 6.35. The fourth-order valence-corrected chi connectivity index (χ4v) is 2.44. The number of halogens is 2. The minimum absolute atomic E-state index is 0.119. The molecule has 7 heteroatoms. The van der Waals surface area contributed by atoms with E-state index in [4.69, 9.17) is 33.0 Å². The number of nitrogens with zero attached hydrogens (tertiary/aromatic N) is 1. The first kappa shape index (κ1) is 15.4. The van der Waals surface area contributed by atoms with Gasteiger partial charge in [-0.05, 0) is 25.1 Å². The standard InChI is InChI=1S/C13H16Cl2N2O3/c1-8-5-17(6-10(7-18)20-8)13(19)16-12-4-9(14)2-3-11(12)15/h2-4,8,10,18H,5-7H2,1H3,(H,16,19). The minimum Gasteiger partial charge on any atom is -0.394 e. The van der Waals surface area contributed by atoms with Crippen LogP contribution < -0.4 is 5.32 Å². The lowest BCUT2D eigenvalue weighted by Crippen LogP contribution is -2.51. The first-order valence-electron chi connectivity index (χ1n) is 6.27. The molecule has 1 aromatic carbocycles. The topological polar surface area (TPSA) is 61.8 Å². The van der Waals surface area contributed by atoms with Crippen molar-refractivity contribution in [1.82, 2.24) is 4.90 Å². The summed E-state index contributed by atoms with van der Waals surface area (Å²) >= 11 is 11.9. The van der Waals surface area contributed by atoms with Crippen molar-refractivity contribution in [2.45, 2.75) is 19.1 Å². The van der Waals surface area contributed by atoms with E-state index in [-0.39, 0.29) is 24.8 Å². The molecular weight excluding hydrogens is 303 g/mol. The van der Waals surface area contributed by atoms with E-state index in [0.717, 1.165) is 0 Å². The molecule has 0 radical (unpaired) electrons. The molecule has 2 amide bonds. The number of hydrogen-bond donors (Lipinski definition) is 2. The lowest BCUT2D eigenvalue weighted by molar-refractivity contribution is -0.0822. The van der Waals surface area contributed by atoms with E-state index in [1.54, 1.807) is 23.1 Å². The molecule has 2 rings (SSSR count). The molecule has 1 aliphatic rings.